The summed E-state index contributed by atoms with van der Waals surface area (Å²) in [6, 6.07) is 17.6. The lowest BCUT2D eigenvalue weighted by atomic mass is 10.1. The highest BCUT2D eigenvalue weighted by Gasteiger charge is 2.33. The van der Waals surface area contributed by atoms with E-state index in [0.717, 1.165) is 26.2 Å². The Balaban J connectivity index is 2.23. The zero-order valence-electron chi connectivity index (χ0n) is 16.4. The Morgan fingerprint density at radius 1 is 0.654 bits per heavy atom. The van der Waals surface area contributed by atoms with E-state index in [1.165, 1.54) is 22.5 Å². The monoisotopic (exact) mass is 367 g/mol. The van der Waals surface area contributed by atoms with Crippen molar-refractivity contribution in [2.24, 2.45) is 0 Å². The molecule has 1 aliphatic rings. The molecular formula is C22H30N3P. The van der Waals surface area contributed by atoms with Crippen LogP contribution in [0.1, 0.15) is 38.8 Å². The predicted molar refractivity (Wildman–Crippen MR) is 117 cm³/mol. The molecule has 2 aromatic carbocycles. The van der Waals surface area contributed by atoms with E-state index in [4.69, 9.17) is 0 Å². The Hall–Kier alpha value is -1.67. The van der Waals surface area contributed by atoms with Crippen LogP contribution in [0.25, 0.3) is 12.2 Å². The van der Waals surface area contributed by atoms with Crippen molar-refractivity contribution in [1.29, 1.82) is 0 Å². The number of hydrogen-bond donors (Lipinski definition) is 0. The van der Waals surface area contributed by atoms with E-state index in [1.807, 2.05) is 0 Å². The van der Waals surface area contributed by atoms with Crippen molar-refractivity contribution >= 4 is 31.9 Å². The van der Waals surface area contributed by atoms with Crippen molar-refractivity contribution in [3.8, 4) is 0 Å². The maximum Gasteiger partial charge on any atom is 0.154 e. The summed E-state index contributed by atoms with van der Waals surface area (Å²) >= 11 is 0. The number of hydrogen-bond acceptors (Lipinski definition) is 3. The summed E-state index contributed by atoms with van der Waals surface area (Å²) in [6.07, 6.45) is 4.51. The second-order valence-corrected chi connectivity index (χ2v) is 8.38. The van der Waals surface area contributed by atoms with Crippen LogP contribution in [0, 0.1) is 0 Å². The second kappa shape index (κ2) is 8.81. The van der Waals surface area contributed by atoms with E-state index < -0.39 is 8.37 Å². The number of para-hydroxylation sites is 2. The van der Waals surface area contributed by atoms with Gasteiger partial charge in [0.15, 0.2) is 8.37 Å². The van der Waals surface area contributed by atoms with Crippen molar-refractivity contribution in [3.05, 3.63) is 59.7 Å². The molecule has 0 unspecified atom stereocenters. The van der Waals surface area contributed by atoms with Crippen LogP contribution in [0.2, 0.25) is 0 Å². The molecule has 4 heteroatoms. The van der Waals surface area contributed by atoms with E-state index >= 15 is 0 Å². The van der Waals surface area contributed by atoms with Gasteiger partial charge in [0, 0.05) is 26.2 Å². The van der Waals surface area contributed by atoms with E-state index in [2.05, 4.69) is 102 Å². The molecule has 3 rings (SSSR count). The third-order valence-electron chi connectivity index (χ3n) is 4.92. The fourth-order valence-corrected chi connectivity index (χ4v) is 6.16. The van der Waals surface area contributed by atoms with Gasteiger partial charge >= 0.3 is 0 Å². The van der Waals surface area contributed by atoms with Gasteiger partial charge in [-0.1, -0.05) is 76.2 Å². The zero-order valence-corrected chi connectivity index (χ0v) is 17.3. The topological polar surface area (TPSA) is 9.72 Å². The predicted octanol–water partition coefficient (Wildman–Crippen LogP) is 6.22. The van der Waals surface area contributed by atoms with Crippen LogP contribution in [0.4, 0.5) is 11.4 Å². The molecule has 3 nitrogen and oxygen atoms in total. The molecule has 1 heterocycles. The highest BCUT2D eigenvalue weighted by atomic mass is 31.2. The summed E-state index contributed by atoms with van der Waals surface area (Å²) in [5.74, 6) is 0. The van der Waals surface area contributed by atoms with E-state index in [-0.39, 0.29) is 0 Å². The molecule has 0 aromatic heterocycles. The zero-order chi connectivity index (χ0) is 18.5. The quantitative estimate of drug-likeness (QED) is 0.538. The first kappa shape index (κ1) is 19.1. The SMILES string of the molecule is CCN(CC)P(N(CC)CC)N1c2ccccc2C=Cc2ccccc21. The van der Waals surface area contributed by atoms with Gasteiger partial charge in [-0.15, -0.1) is 0 Å². The Labute approximate surface area is 159 Å². The standard InChI is InChI=1S/C22H30N3P/c1-5-23(6-2)26(24(7-3)8-4)25-21-15-11-9-13-19(21)17-18-20-14-10-12-16-22(20)25/h9-18H,5-8H2,1-4H3. The molecule has 0 saturated carbocycles. The van der Waals surface area contributed by atoms with Gasteiger partial charge in [-0.2, -0.15) is 0 Å². The lowest BCUT2D eigenvalue weighted by molar-refractivity contribution is 0.422. The molecule has 0 radical (unpaired) electrons. The molecule has 2 aromatic rings. The Morgan fingerprint density at radius 2 is 1.04 bits per heavy atom. The molecule has 0 fully saturated rings. The first-order valence-corrected chi connectivity index (χ1v) is 10.9. The Kier molecular flexibility index (Phi) is 6.48. The van der Waals surface area contributed by atoms with Crippen molar-refractivity contribution in [1.82, 2.24) is 9.34 Å². The van der Waals surface area contributed by atoms with Gasteiger partial charge in [0.25, 0.3) is 0 Å². The van der Waals surface area contributed by atoms with E-state index in [0.29, 0.717) is 0 Å². The van der Waals surface area contributed by atoms with Crippen molar-refractivity contribution in [2.75, 3.05) is 30.8 Å². The second-order valence-electron chi connectivity index (χ2n) is 6.31. The molecule has 1 aliphatic heterocycles. The molecule has 0 N–H and O–H groups in total. The number of anilines is 2. The fraction of sp³-hybridized carbons (Fsp3) is 0.364. The molecule has 0 spiro atoms. The van der Waals surface area contributed by atoms with Crippen LogP contribution >= 0.6 is 8.37 Å². The molecule has 0 bridgehead atoms. The molecule has 0 aliphatic carbocycles. The largest absolute Gasteiger partial charge is 0.293 e. The highest BCUT2D eigenvalue weighted by Crippen LogP contribution is 2.56. The van der Waals surface area contributed by atoms with Gasteiger partial charge < -0.3 is 0 Å². The molecular weight excluding hydrogens is 337 g/mol. The van der Waals surface area contributed by atoms with Gasteiger partial charge in [0.2, 0.25) is 0 Å². The molecule has 26 heavy (non-hydrogen) atoms. The summed E-state index contributed by atoms with van der Waals surface area (Å²) in [5.41, 5.74) is 5.18. The summed E-state index contributed by atoms with van der Waals surface area (Å²) in [7, 11) is -0.636. The molecule has 138 valence electrons. The van der Waals surface area contributed by atoms with Crippen LogP contribution in [-0.2, 0) is 0 Å². The lowest BCUT2D eigenvalue weighted by Gasteiger charge is -2.45. The van der Waals surface area contributed by atoms with Crippen LogP contribution < -0.4 is 4.67 Å². The summed E-state index contributed by atoms with van der Waals surface area (Å²) in [4.78, 5) is 0. The van der Waals surface area contributed by atoms with Gasteiger partial charge in [0.1, 0.15) is 0 Å². The minimum absolute atomic E-state index is 0.636. The molecule has 0 atom stereocenters. The van der Waals surface area contributed by atoms with Crippen LogP contribution in [0.5, 0.6) is 0 Å². The van der Waals surface area contributed by atoms with Gasteiger partial charge in [-0.25, -0.2) is 0 Å². The first-order valence-electron chi connectivity index (χ1n) is 9.71. The number of benzene rings is 2. The minimum atomic E-state index is -0.636. The third kappa shape index (κ3) is 3.57. The van der Waals surface area contributed by atoms with Gasteiger partial charge in [-0.3, -0.25) is 14.0 Å². The smallest absolute Gasteiger partial charge is 0.154 e. The lowest BCUT2D eigenvalue weighted by Crippen LogP contribution is -2.36. The number of nitrogens with zero attached hydrogens (tertiary/aromatic N) is 3. The summed E-state index contributed by atoms with van der Waals surface area (Å²) in [5, 5.41) is 0. The minimum Gasteiger partial charge on any atom is -0.293 e. The molecule has 0 saturated heterocycles. The fourth-order valence-electron chi connectivity index (χ4n) is 3.53. The van der Waals surface area contributed by atoms with Crippen LogP contribution in [0.15, 0.2) is 48.5 Å². The van der Waals surface area contributed by atoms with Crippen molar-refractivity contribution in [3.63, 3.8) is 0 Å². The van der Waals surface area contributed by atoms with Gasteiger partial charge in [-0.05, 0) is 23.3 Å². The van der Waals surface area contributed by atoms with E-state index in [9.17, 15) is 0 Å². The summed E-state index contributed by atoms with van der Waals surface area (Å²) in [6.45, 7) is 13.3. The van der Waals surface area contributed by atoms with Crippen LogP contribution in [-0.4, -0.2) is 35.5 Å². The average molecular weight is 367 g/mol. The third-order valence-corrected chi connectivity index (χ3v) is 7.85. The van der Waals surface area contributed by atoms with E-state index in [1.54, 1.807) is 0 Å². The maximum absolute atomic E-state index is 2.61. The van der Waals surface area contributed by atoms with Crippen molar-refractivity contribution in [2.45, 2.75) is 27.7 Å². The Morgan fingerprint density at radius 3 is 1.42 bits per heavy atom. The molecule has 0 amide bonds. The number of fused-ring (bicyclic) bond motifs is 2. The normalized spacial score (nSPS) is 13.3. The highest BCUT2D eigenvalue weighted by molar-refractivity contribution is 7.55. The average Bonchev–Trinajstić information content (AvgIpc) is 2.85. The van der Waals surface area contributed by atoms with Crippen molar-refractivity contribution < 1.29 is 0 Å². The summed E-state index contributed by atoms with van der Waals surface area (Å²) < 4.78 is 7.82. The maximum atomic E-state index is 2.61. The van der Waals surface area contributed by atoms with Crippen LogP contribution in [0.3, 0.4) is 0 Å². The number of rotatable bonds is 7. The van der Waals surface area contributed by atoms with Gasteiger partial charge in [0.05, 0.1) is 11.4 Å². The Bertz CT molecular complexity index is 689. The first-order chi connectivity index (χ1) is 12.7.